The molecule has 0 fully saturated rings. The van der Waals surface area contributed by atoms with Gasteiger partial charge >= 0.3 is 6.09 Å². The molecule has 4 N–H and O–H groups in total. The Labute approximate surface area is 218 Å². The maximum absolute atomic E-state index is 12.7. The number of imidazole rings is 1. The van der Waals surface area contributed by atoms with E-state index in [0.717, 1.165) is 16.9 Å². The Hall–Kier alpha value is -3.41. The summed E-state index contributed by atoms with van der Waals surface area (Å²) in [5.41, 5.74) is 7.35. The molecule has 194 valence electrons. The highest BCUT2D eigenvalue weighted by Gasteiger charge is 2.25. The van der Waals surface area contributed by atoms with Crippen molar-refractivity contribution in [1.82, 2.24) is 25.2 Å². The largest absolute Gasteiger partial charge is 0.492 e. The second kappa shape index (κ2) is 11.5. The normalized spacial score (nSPS) is 11.4. The Bertz CT molecular complexity index is 1250. The average Bonchev–Trinajstić information content (AvgIpc) is 3.12. The van der Waals surface area contributed by atoms with Gasteiger partial charge in [-0.25, -0.2) is 23.9 Å². The first-order chi connectivity index (χ1) is 17.0. The summed E-state index contributed by atoms with van der Waals surface area (Å²) in [4.78, 5) is 32.7. The van der Waals surface area contributed by atoms with Crippen LogP contribution in [0.15, 0.2) is 29.0 Å². The first-order valence-electron chi connectivity index (χ1n) is 11.7. The number of amides is 2. The highest BCUT2D eigenvalue weighted by molar-refractivity contribution is 9.10. The van der Waals surface area contributed by atoms with Crippen LogP contribution in [0.5, 0.6) is 5.75 Å². The van der Waals surface area contributed by atoms with Crippen molar-refractivity contribution in [3.63, 3.8) is 0 Å². The molecule has 12 heteroatoms. The minimum Gasteiger partial charge on any atom is -0.492 e. The zero-order chi connectivity index (χ0) is 26.5. The molecule has 11 nitrogen and oxygen atoms in total. The highest BCUT2D eigenvalue weighted by atomic mass is 79.9. The van der Waals surface area contributed by atoms with Gasteiger partial charge in [0, 0.05) is 6.07 Å². The molecule has 0 spiro atoms. The van der Waals surface area contributed by atoms with Crippen LogP contribution in [0.4, 0.5) is 10.6 Å². The lowest BCUT2D eigenvalue weighted by Gasteiger charge is -2.19. The van der Waals surface area contributed by atoms with Crippen molar-refractivity contribution in [3.8, 4) is 5.75 Å². The van der Waals surface area contributed by atoms with Crippen LogP contribution in [0.25, 0.3) is 11.0 Å². The van der Waals surface area contributed by atoms with Crippen LogP contribution in [0, 0.1) is 0 Å². The lowest BCUT2D eigenvalue weighted by atomic mass is 10.2. The smallest absolute Gasteiger partial charge is 0.407 e. The number of halogens is 1. The number of hydrogen-bond acceptors (Lipinski definition) is 7. The molecular formula is C24H33BrN7O4+. The number of carbonyl (C=O) groups excluding carboxylic acids is 2. The maximum atomic E-state index is 12.7. The third kappa shape index (κ3) is 6.62. The Morgan fingerprint density at radius 2 is 1.97 bits per heavy atom. The molecular weight excluding hydrogens is 530 g/mol. The number of hydrogen-bond donors (Lipinski definition) is 3. The second-order valence-electron chi connectivity index (χ2n) is 8.94. The van der Waals surface area contributed by atoms with E-state index in [4.69, 9.17) is 15.2 Å². The summed E-state index contributed by atoms with van der Waals surface area (Å²) < 4.78 is 15.8. The van der Waals surface area contributed by atoms with Gasteiger partial charge in [0.1, 0.15) is 29.1 Å². The van der Waals surface area contributed by atoms with Crippen molar-refractivity contribution in [1.29, 1.82) is 0 Å². The van der Waals surface area contributed by atoms with Crippen LogP contribution in [0.1, 0.15) is 50.9 Å². The fourth-order valence-electron chi connectivity index (χ4n) is 3.78. The van der Waals surface area contributed by atoms with Gasteiger partial charge in [-0.05, 0) is 62.7 Å². The van der Waals surface area contributed by atoms with Crippen LogP contribution >= 0.6 is 15.9 Å². The molecule has 0 atom stereocenters. The minimum atomic E-state index is -0.550. The van der Waals surface area contributed by atoms with E-state index in [9.17, 15) is 9.59 Å². The molecule has 0 bridgehead atoms. The average molecular weight is 563 g/mol. The Kier molecular flexibility index (Phi) is 8.72. The highest BCUT2D eigenvalue weighted by Crippen LogP contribution is 2.22. The number of alkyl carbamates (subject to hydrolysis) is 1. The molecule has 0 aliphatic rings. The molecule has 3 aromatic rings. The number of nitrogen functional groups attached to an aromatic ring is 1. The predicted octanol–water partition coefficient (Wildman–Crippen LogP) is 2.94. The van der Waals surface area contributed by atoms with E-state index in [1.807, 2.05) is 45.9 Å². The lowest BCUT2D eigenvalue weighted by Crippen LogP contribution is -2.40. The molecule has 3 rings (SSSR count). The number of nitrogens with two attached hydrogens (primary N) is 1. The van der Waals surface area contributed by atoms with Gasteiger partial charge in [-0.15, -0.1) is 0 Å². The van der Waals surface area contributed by atoms with E-state index >= 15 is 0 Å². The van der Waals surface area contributed by atoms with Crippen molar-refractivity contribution in [3.05, 3.63) is 40.5 Å². The van der Waals surface area contributed by atoms with E-state index < -0.39 is 17.6 Å². The van der Waals surface area contributed by atoms with Gasteiger partial charge < -0.3 is 25.8 Å². The summed E-state index contributed by atoms with van der Waals surface area (Å²) in [6, 6.07) is 5.84. The summed E-state index contributed by atoms with van der Waals surface area (Å²) in [5, 5.41) is 5.59. The van der Waals surface area contributed by atoms with E-state index in [1.165, 1.54) is 6.20 Å². The van der Waals surface area contributed by atoms with Crippen LogP contribution in [-0.4, -0.2) is 45.3 Å². The van der Waals surface area contributed by atoms with Crippen molar-refractivity contribution in [2.75, 3.05) is 18.9 Å². The van der Waals surface area contributed by atoms with Crippen molar-refractivity contribution in [2.24, 2.45) is 0 Å². The number of aryl methyl sites for hydroxylation is 2. The van der Waals surface area contributed by atoms with Crippen LogP contribution in [0.3, 0.4) is 0 Å². The zero-order valence-corrected chi connectivity index (χ0v) is 22.8. The first kappa shape index (κ1) is 27.2. The molecule has 2 aromatic heterocycles. The van der Waals surface area contributed by atoms with Gasteiger partial charge in [-0.1, -0.05) is 0 Å². The Morgan fingerprint density at radius 3 is 2.64 bits per heavy atom. The van der Waals surface area contributed by atoms with E-state index in [2.05, 4.69) is 52.6 Å². The third-order valence-electron chi connectivity index (χ3n) is 5.22. The second-order valence-corrected chi connectivity index (χ2v) is 9.75. The molecule has 1 aromatic carbocycles. The number of anilines is 1. The van der Waals surface area contributed by atoms with Gasteiger partial charge in [0.25, 0.3) is 11.7 Å². The molecule has 0 aliphatic carbocycles. The van der Waals surface area contributed by atoms with Crippen LogP contribution < -0.4 is 25.7 Å². The molecule has 0 saturated carbocycles. The topological polar surface area (TPSA) is 137 Å². The quantitative estimate of drug-likeness (QED) is 0.269. The van der Waals surface area contributed by atoms with E-state index in [1.54, 1.807) is 0 Å². The summed E-state index contributed by atoms with van der Waals surface area (Å²) in [6.45, 7) is 11.8. The summed E-state index contributed by atoms with van der Waals surface area (Å²) in [5.74, 6) is 1.27. The third-order valence-corrected chi connectivity index (χ3v) is 5.60. The summed E-state index contributed by atoms with van der Waals surface area (Å²) in [6.07, 6.45) is 0.965. The molecule has 2 heterocycles. The first-order valence-corrected chi connectivity index (χ1v) is 12.5. The van der Waals surface area contributed by atoms with Crippen molar-refractivity contribution < 1.29 is 23.6 Å². The molecule has 0 unspecified atom stereocenters. The minimum absolute atomic E-state index is 0.0676. The van der Waals surface area contributed by atoms with Crippen LogP contribution in [0.2, 0.25) is 0 Å². The van der Waals surface area contributed by atoms with Crippen molar-refractivity contribution >= 4 is 44.8 Å². The van der Waals surface area contributed by atoms with E-state index in [-0.39, 0.29) is 18.1 Å². The Balaban J connectivity index is 1.74. The predicted molar refractivity (Wildman–Crippen MR) is 139 cm³/mol. The summed E-state index contributed by atoms with van der Waals surface area (Å²) >= 11 is 3.22. The molecule has 0 aliphatic heterocycles. The lowest BCUT2D eigenvalue weighted by molar-refractivity contribution is -0.676. The zero-order valence-electron chi connectivity index (χ0n) is 21.2. The van der Waals surface area contributed by atoms with Gasteiger partial charge in [0.2, 0.25) is 0 Å². The molecule has 2 amide bonds. The van der Waals surface area contributed by atoms with E-state index in [0.29, 0.717) is 36.6 Å². The number of nitrogens with zero attached hydrogens (tertiary/aromatic N) is 4. The number of ether oxygens (including phenoxy) is 2. The number of benzene rings is 1. The number of aromatic nitrogens is 4. The Morgan fingerprint density at radius 1 is 1.22 bits per heavy atom. The van der Waals surface area contributed by atoms with Gasteiger partial charge in [0.15, 0.2) is 22.5 Å². The van der Waals surface area contributed by atoms with Gasteiger partial charge in [0.05, 0.1) is 25.8 Å². The van der Waals surface area contributed by atoms with Gasteiger partial charge in [-0.2, -0.15) is 0 Å². The number of fused-ring (bicyclic) bond motifs is 1. The molecule has 0 saturated heterocycles. The number of carbonyl (C=O) groups is 2. The molecule has 0 radical (unpaired) electrons. The standard InChI is InChI=1S/C24H32BrN7O4/c1-6-31-16-9-8-15(35-11-10-27-23(34)36-24(3,4)5)12-17(16)32(7-2)19(31)14-29-22(33)20-21(26)28-13-18(25)30-20/h8-9,12-13H,6-7,10-11,14H2,1-5H3,(H3-,26,27,28,29,33,34)/p+1. The number of rotatable bonds is 9. The van der Waals surface area contributed by atoms with Crippen molar-refractivity contribution in [2.45, 2.75) is 59.9 Å². The fourth-order valence-corrected chi connectivity index (χ4v) is 4.06. The summed E-state index contributed by atoms with van der Waals surface area (Å²) in [7, 11) is 0. The monoisotopic (exact) mass is 562 g/mol. The SMILES string of the molecule is CCn1c(CNC(=O)c2nc(Br)cnc2N)[n+](CC)c2ccc(OCCNC(=O)OC(C)(C)C)cc21. The molecule has 36 heavy (non-hydrogen) atoms. The number of nitrogens with one attached hydrogen (secondary N) is 2. The van der Waals surface area contributed by atoms with Gasteiger partial charge in [-0.3, -0.25) is 4.79 Å². The maximum Gasteiger partial charge on any atom is 0.407 e. The van der Waals surface area contributed by atoms with Crippen LogP contribution in [-0.2, 0) is 24.4 Å². The fraction of sp³-hybridized carbons (Fsp3) is 0.458.